The van der Waals surface area contributed by atoms with Gasteiger partial charge < -0.3 is 9.80 Å². The minimum Gasteiger partial charge on any atom is -0.303 e. The van der Waals surface area contributed by atoms with Crippen LogP contribution < -0.4 is 0 Å². The lowest BCUT2D eigenvalue weighted by Gasteiger charge is -2.38. The van der Waals surface area contributed by atoms with E-state index in [1.807, 2.05) is 0 Å². The predicted octanol–water partition coefficient (Wildman–Crippen LogP) is 2.77. The van der Waals surface area contributed by atoms with Crippen LogP contribution in [0.15, 0.2) is 0 Å². The van der Waals surface area contributed by atoms with Crippen LogP contribution in [0.1, 0.15) is 47.0 Å². The highest BCUT2D eigenvalue weighted by Crippen LogP contribution is 2.21. The van der Waals surface area contributed by atoms with Gasteiger partial charge >= 0.3 is 0 Å². The highest BCUT2D eigenvalue weighted by molar-refractivity contribution is 4.77. The fraction of sp³-hybridized carbons (Fsp3) is 1.00. The van der Waals surface area contributed by atoms with Crippen molar-refractivity contribution in [1.82, 2.24) is 14.7 Å². The number of piperazine rings is 1. The summed E-state index contributed by atoms with van der Waals surface area (Å²) in [5.41, 5.74) is 0. The molecular weight excluding hydrogens is 258 g/mol. The Balaban J connectivity index is 1.58. The number of likely N-dealkylation sites (tertiary alicyclic amines) is 1. The summed E-state index contributed by atoms with van der Waals surface area (Å²) in [6.07, 6.45) is 4.29. The Labute approximate surface area is 132 Å². The largest absolute Gasteiger partial charge is 0.303 e. The van der Waals surface area contributed by atoms with Gasteiger partial charge in [0.15, 0.2) is 0 Å². The van der Waals surface area contributed by atoms with Crippen molar-refractivity contribution in [2.75, 3.05) is 52.4 Å². The molecule has 2 fully saturated rings. The fourth-order valence-corrected chi connectivity index (χ4v) is 3.84. The van der Waals surface area contributed by atoms with Crippen LogP contribution >= 0.6 is 0 Å². The monoisotopic (exact) mass is 295 g/mol. The molecule has 124 valence electrons. The second-order valence-electron chi connectivity index (χ2n) is 7.90. The first-order valence-corrected chi connectivity index (χ1v) is 9.23. The van der Waals surface area contributed by atoms with Gasteiger partial charge in [-0.15, -0.1) is 0 Å². The minimum atomic E-state index is 0.720. The average molecular weight is 296 g/mol. The van der Waals surface area contributed by atoms with Crippen LogP contribution in [-0.4, -0.2) is 73.1 Å². The highest BCUT2D eigenvalue weighted by atomic mass is 15.3. The molecule has 0 aromatic carbocycles. The van der Waals surface area contributed by atoms with Crippen LogP contribution in [0.5, 0.6) is 0 Å². The molecule has 0 aromatic rings. The van der Waals surface area contributed by atoms with Crippen LogP contribution in [0.3, 0.4) is 0 Å². The van der Waals surface area contributed by atoms with Crippen LogP contribution in [0.4, 0.5) is 0 Å². The number of rotatable bonds is 6. The van der Waals surface area contributed by atoms with E-state index in [9.17, 15) is 0 Å². The summed E-state index contributed by atoms with van der Waals surface area (Å²) in [5.74, 6) is 1.80. The van der Waals surface area contributed by atoms with Gasteiger partial charge in [-0.2, -0.15) is 0 Å². The van der Waals surface area contributed by atoms with E-state index in [0.29, 0.717) is 0 Å². The van der Waals surface area contributed by atoms with Crippen molar-refractivity contribution in [3.05, 3.63) is 0 Å². The molecule has 0 aromatic heterocycles. The summed E-state index contributed by atoms with van der Waals surface area (Å²) in [6, 6.07) is 0.720. The maximum absolute atomic E-state index is 2.69. The Bertz CT molecular complexity index is 274. The molecular formula is C18H37N3. The van der Waals surface area contributed by atoms with E-state index >= 15 is 0 Å². The molecule has 2 aliphatic rings. The van der Waals surface area contributed by atoms with Gasteiger partial charge in [-0.3, -0.25) is 4.90 Å². The van der Waals surface area contributed by atoms with Crippen molar-refractivity contribution in [1.29, 1.82) is 0 Å². The Morgan fingerprint density at radius 2 is 1.43 bits per heavy atom. The molecule has 2 aliphatic heterocycles. The number of piperidine rings is 1. The van der Waals surface area contributed by atoms with E-state index in [4.69, 9.17) is 0 Å². The van der Waals surface area contributed by atoms with E-state index in [1.54, 1.807) is 0 Å². The summed E-state index contributed by atoms with van der Waals surface area (Å²) in [7, 11) is 0. The molecule has 0 spiro atoms. The lowest BCUT2D eigenvalue weighted by atomic mass is 9.93. The van der Waals surface area contributed by atoms with Gasteiger partial charge in [-0.05, 0) is 64.6 Å². The van der Waals surface area contributed by atoms with Gasteiger partial charge in [0.1, 0.15) is 0 Å². The van der Waals surface area contributed by atoms with Crippen molar-refractivity contribution >= 4 is 0 Å². The smallest absolute Gasteiger partial charge is 0.0113 e. The standard InChI is InChI=1S/C18H37N3/c1-16(2)15-20-9-6-18(7-10-20)5-8-19-11-13-21(14-12-19)17(3)4/h16-18H,5-15H2,1-4H3. The Hall–Kier alpha value is -0.120. The molecule has 0 saturated carbocycles. The van der Waals surface area contributed by atoms with Gasteiger partial charge in [0.2, 0.25) is 0 Å². The Morgan fingerprint density at radius 3 is 1.95 bits per heavy atom. The summed E-state index contributed by atoms with van der Waals surface area (Å²) in [4.78, 5) is 7.98. The molecule has 2 heterocycles. The Kier molecular flexibility index (Phi) is 6.97. The third-order valence-corrected chi connectivity index (χ3v) is 5.32. The van der Waals surface area contributed by atoms with E-state index in [0.717, 1.165) is 17.9 Å². The van der Waals surface area contributed by atoms with E-state index in [2.05, 4.69) is 42.4 Å². The first kappa shape index (κ1) is 17.2. The highest BCUT2D eigenvalue weighted by Gasteiger charge is 2.22. The SMILES string of the molecule is CC(C)CN1CCC(CCN2CCN(C(C)C)CC2)CC1. The van der Waals surface area contributed by atoms with Gasteiger partial charge in [-0.1, -0.05) is 13.8 Å². The molecule has 0 amide bonds. The second-order valence-corrected chi connectivity index (χ2v) is 7.90. The summed E-state index contributed by atoms with van der Waals surface area (Å²) in [6.45, 7) is 19.7. The minimum absolute atomic E-state index is 0.720. The quantitative estimate of drug-likeness (QED) is 0.746. The van der Waals surface area contributed by atoms with Crippen molar-refractivity contribution in [2.45, 2.75) is 53.0 Å². The molecule has 0 N–H and O–H groups in total. The summed E-state index contributed by atoms with van der Waals surface area (Å²) < 4.78 is 0. The molecule has 3 nitrogen and oxygen atoms in total. The first-order chi connectivity index (χ1) is 10.0. The molecule has 0 radical (unpaired) electrons. The van der Waals surface area contributed by atoms with Gasteiger partial charge in [0.25, 0.3) is 0 Å². The topological polar surface area (TPSA) is 9.72 Å². The van der Waals surface area contributed by atoms with Crippen LogP contribution in [-0.2, 0) is 0 Å². The van der Waals surface area contributed by atoms with Crippen LogP contribution in [0, 0.1) is 11.8 Å². The normalized spacial score (nSPS) is 24.3. The van der Waals surface area contributed by atoms with Crippen molar-refractivity contribution in [2.24, 2.45) is 11.8 Å². The molecule has 0 bridgehead atoms. The van der Waals surface area contributed by atoms with E-state index in [-0.39, 0.29) is 0 Å². The fourth-order valence-electron chi connectivity index (χ4n) is 3.84. The maximum atomic E-state index is 2.69. The van der Waals surface area contributed by atoms with Crippen LogP contribution in [0.25, 0.3) is 0 Å². The summed E-state index contributed by atoms with van der Waals surface area (Å²) >= 11 is 0. The number of hydrogen-bond acceptors (Lipinski definition) is 3. The molecule has 0 unspecified atom stereocenters. The lowest BCUT2D eigenvalue weighted by Crippen LogP contribution is -2.49. The van der Waals surface area contributed by atoms with Crippen molar-refractivity contribution in [3.63, 3.8) is 0 Å². The van der Waals surface area contributed by atoms with Crippen LogP contribution in [0.2, 0.25) is 0 Å². The lowest BCUT2D eigenvalue weighted by molar-refractivity contribution is 0.0966. The zero-order valence-corrected chi connectivity index (χ0v) is 14.9. The average Bonchev–Trinajstić information content (AvgIpc) is 2.46. The van der Waals surface area contributed by atoms with Gasteiger partial charge in [0.05, 0.1) is 0 Å². The van der Waals surface area contributed by atoms with Crippen molar-refractivity contribution in [3.8, 4) is 0 Å². The third kappa shape index (κ3) is 5.88. The zero-order chi connectivity index (χ0) is 15.2. The second kappa shape index (κ2) is 8.50. The molecule has 21 heavy (non-hydrogen) atoms. The predicted molar refractivity (Wildman–Crippen MR) is 91.8 cm³/mol. The molecule has 3 heteroatoms. The number of hydrogen-bond donors (Lipinski definition) is 0. The third-order valence-electron chi connectivity index (χ3n) is 5.32. The molecule has 2 rings (SSSR count). The Morgan fingerprint density at radius 1 is 0.810 bits per heavy atom. The van der Waals surface area contributed by atoms with Gasteiger partial charge in [0, 0.05) is 38.8 Å². The zero-order valence-electron chi connectivity index (χ0n) is 14.9. The molecule has 0 atom stereocenters. The van der Waals surface area contributed by atoms with Gasteiger partial charge in [-0.25, -0.2) is 0 Å². The van der Waals surface area contributed by atoms with Crippen molar-refractivity contribution < 1.29 is 0 Å². The molecule has 2 saturated heterocycles. The maximum Gasteiger partial charge on any atom is 0.0113 e. The van der Waals surface area contributed by atoms with E-state index in [1.165, 1.54) is 71.6 Å². The summed E-state index contributed by atoms with van der Waals surface area (Å²) in [5, 5.41) is 0. The molecule has 0 aliphatic carbocycles. The number of nitrogens with zero attached hydrogens (tertiary/aromatic N) is 3. The van der Waals surface area contributed by atoms with E-state index < -0.39 is 0 Å². The first-order valence-electron chi connectivity index (χ1n) is 9.23.